The summed E-state index contributed by atoms with van der Waals surface area (Å²) in [6.45, 7) is 2.68. The van der Waals surface area contributed by atoms with E-state index in [1.54, 1.807) is 6.20 Å². The molecule has 0 saturated carbocycles. The Kier molecular flexibility index (Phi) is 6.63. The van der Waals surface area contributed by atoms with Crippen LogP contribution in [0.5, 0.6) is 11.5 Å². The summed E-state index contributed by atoms with van der Waals surface area (Å²) in [6.07, 6.45) is 2.51. The Bertz CT molecular complexity index is 925. The summed E-state index contributed by atoms with van der Waals surface area (Å²) in [4.78, 5) is 16.3. The predicted molar refractivity (Wildman–Crippen MR) is 107 cm³/mol. The molecule has 0 aliphatic rings. The lowest BCUT2D eigenvalue weighted by Crippen LogP contribution is -2.10. The van der Waals surface area contributed by atoms with Crippen LogP contribution in [0, 0.1) is 6.92 Å². The summed E-state index contributed by atoms with van der Waals surface area (Å²) >= 11 is 0. The maximum absolute atomic E-state index is 12.1. The average molecular weight is 377 g/mol. The number of aryl methyl sites for hydroxylation is 1. The molecule has 5 nitrogen and oxygen atoms in total. The molecule has 0 amide bonds. The quantitative estimate of drug-likeness (QED) is 0.545. The van der Waals surface area contributed by atoms with Crippen LogP contribution in [0.2, 0.25) is 0 Å². The fraction of sp³-hybridized carbons (Fsp3) is 0.217. The Labute approximate surface area is 164 Å². The minimum absolute atomic E-state index is 0.267. The summed E-state index contributed by atoms with van der Waals surface area (Å²) in [5.41, 5.74) is 3.19. The van der Waals surface area contributed by atoms with Crippen molar-refractivity contribution in [1.29, 1.82) is 0 Å². The minimum atomic E-state index is -0.358. The molecule has 0 aliphatic heterocycles. The van der Waals surface area contributed by atoms with Gasteiger partial charge in [0.15, 0.2) is 0 Å². The minimum Gasteiger partial charge on any atom is -0.493 e. The summed E-state index contributed by atoms with van der Waals surface area (Å²) in [5.74, 6) is 1.04. The van der Waals surface area contributed by atoms with Crippen molar-refractivity contribution in [1.82, 2.24) is 4.98 Å². The normalized spacial score (nSPS) is 10.4. The summed E-state index contributed by atoms with van der Waals surface area (Å²) in [5, 5.41) is 0. The van der Waals surface area contributed by atoms with Crippen molar-refractivity contribution in [2.24, 2.45) is 0 Å². The fourth-order valence-electron chi connectivity index (χ4n) is 2.88. The van der Waals surface area contributed by atoms with Gasteiger partial charge < -0.3 is 14.2 Å². The van der Waals surface area contributed by atoms with Gasteiger partial charge >= 0.3 is 5.97 Å². The third-order valence-electron chi connectivity index (χ3n) is 4.30. The largest absolute Gasteiger partial charge is 0.493 e. The molecule has 28 heavy (non-hydrogen) atoms. The number of ether oxygens (including phenoxy) is 3. The van der Waals surface area contributed by atoms with Crippen LogP contribution in [-0.4, -0.2) is 24.7 Å². The number of nitrogens with zero attached hydrogens (tertiary/aromatic N) is 1. The molecule has 5 heteroatoms. The highest BCUT2D eigenvalue weighted by molar-refractivity contribution is 5.92. The maximum Gasteiger partial charge on any atom is 0.338 e. The van der Waals surface area contributed by atoms with Crippen molar-refractivity contribution in [2.75, 3.05) is 13.7 Å². The number of carbonyl (C=O) groups is 1. The molecule has 0 bridgehead atoms. The van der Waals surface area contributed by atoms with Crippen molar-refractivity contribution < 1.29 is 19.0 Å². The van der Waals surface area contributed by atoms with Crippen LogP contribution < -0.4 is 9.47 Å². The van der Waals surface area contributed by atoms with E-state index in [-0.39, 0.29) is 12.6 Å². The lowest BCUT2D eigenvalue weighted by Gasteiger charge is -2.13. The first-order valence-corrected chi connectivity index (χ1v) is 9.10. The first kappa shape index (κ1) is 19.4. The van der Waals surface area contributed by atoms with Crippen molar-refractivity contribution in [3.8, 4) is 11.5 Å². The average Bonchev–Trinajstić information content (AvgIpc) is 2.73. The lowest BCUT2D eigenvalue weighted by molar-refractivity contribution is 0.0597. The van der Waals surface area contributed by atoms with Crippen LogP contribution in [0.25, 0.3) is 0 Å². The Morgan fingerprint density at radius 2 is 1.75 bits per heavy atom. The highest BCUT2D eigenvalue weighted by atomic mass is 16.5. The molecule has 0 aliphatic carbocycles. The Morgan fingerprint density at radius 3 is 2.50 bits per heavy atom. The number of pyridine rings is 1. The van der Waals surface area contributed by atoms with Crippen LogP contribution in [0.15, 0.2) is 66.9 Å². The molecule has 1 aromatic heterocycles. The second-order valence-corrected chi connectivity index (χ2v) is 6.28. The van der Waals surface area contributed by atoms with Crippen LogP contribution in [0.4, 0.5) is 0 Å². The predicted octanol–water partition coefficient (Wildman–Crippen LogP) is 4.38. The topological polar surface area (TPSA) is 57.7 Å². The SMILES string of the molecule is COC(=O)c1c(C)cccc1COc1cccc(OCCc2ccccn2)c1. The van der Waals surface area contributed by atoms with Gasteiger partial charge in [0.05, 0.1) is 19.3 Å². The van der Waals surface area contributed by atoms with Gasteiger partial charge in [-0.1, -0.05) is 30.3 Å². The van der Waals surface area contributed by atoms with Gasteiger partial charge in [-0.2, -0.15) is 0 Å². The molecular formula is C23H23NO4. The number of hydrogen-bond donors (Lipinski definition) is 0. The van der Waals surface area contributed by atoms with Gasteiger partial charge in [-0.15, -0.1) is 0 Å². The Balaban J connectivity index is 1.61. The number of methoxy groups -OCH3 is 1. The van der Waals surface area contributed by atoms with Crippen LogP contribution >= 0.6 is 0 Å². The molecular weight excluding hydrogens is 354 g/mol. The van der Waals surface area contributed by atoms with E-state index in [0.717, 1.165) is 29.0 Å². The van der Waals surface area contributed by atoms with Crippen LogP contribution in [0.3, 0.4) is 0 Å². The molecule has 3 aromatic rings. The molecule has 2 aromatic carbocycles. The molecule has 144 valence electrons. The van der Waals surface area contributed by atoms with E-state index >= 15 is 0 Å². The molecule has 0 atom stereocenters. The van der Waals surface area contributed by atoms with Gasteiger partial charge in [-0.25, -0.2) is 4.79 Å². The molecule has 3 rings (SSSR count). The fourth-order valence-corrected chi connectivity index (χ4v) is 2.88. The molecule has 0 spiro atoms. The smallest absolute Gasteiger partial charge is 0.338 e. The Hall–Kier alpha value is -3.34. The zero-order valence-corrected chi connectivity index (χ0v) is 16.1. The van der Waals surface area contributed by atoms with Gasteiger partial charge in [0.2, 0.25) is 0 Å². The van der Waals surface area contributed by atoms with Crippen molar-refractivity contribution >= 4 is 5.97 Å². The zero-order chi connectivity index (χ0) is 19.8. The number of aromatic nitrogens is 1. The third-order valence-corrected chi connectivity index (χ3v) is 4.30. The zero-order valence-electron chi connectivity index (χ0n) is 16.1. The monoisotopic (exact) mass is 377 g/mol. The summed E-state index contributed by atoms with van der Waals surface area (Å²) in [7, 11) is 1.38. The van der Waals surface area contributed by atoms with Gasteiger partial charge in [0.1, 0.15) is 18.1 Å². The van der Waals surface area contributed by atoms with Crippen molar-refractivity contribution in [3.05, 3.63) is 89.2 Å². The number of hydrogen-bond acceptors (Lipinski definition) is 5. The number of benzene rings is 2. The number of rotatable bonds is 8. The van der Waals surface area contributed by atoms with E-state index in [1.807, 2.05) is 67.6 Å². The number of carbonyl (C=O) groups excluding carboxylic acids is 1. The summed E-state index contributed by atoms with van der Waals surface area (Å²) in [6, 6.07) is 18.9. The van der Waals surface area contributed by atoms with E-state index in [4.69, 9.17) is 14.2 Å². The van der Waals surface area contributed by atoms with Gasteiger partial charge in [0, 0.05) is 29.9 Å². The van der Waals surface area contributed by atoms with E-state index in [0.29, 0.717) is 17.9 Å². The van der Waals surface area contributed by atoms with E-state index in [2.05, 4.69) is 4.98 Å². The lowest BCUT2D eigenvalue weighted by atomic mass is 10.0. The highest BCUT2D eigenvalue weighted by Gasteiger charge is 2.15. The first-order valence-electron chi connectivity index (χ1n) is 9.10. The van der Waals surface area contributed by atoms with E-state index in [1.165, 1.54) is 7.11 Å². The summed E-state index contributed by atoms with van der Waals surface area (Å²) < 4.78 is 16.6. The first-order chi connectivity index (χ1) is 13.7. The van der Waals surface area contributed by atoms with Crippen LogP contribution in [-0.2, 0) is 17.8 Å². The second kappa shape index (κ2) is 9.55. The second-order valence-electron chi connectivity index (χ2n) is 6.28. The third kappa shape index (κ3) is 5.10. The van der Waals surface area contributed by atoms with Gasteiger partial charge in [-0.05, 0) is 36.8 Å². The standard InChI is InChI=1S/C23H23NO4/c1-17-7-5-8-18(22(17)23(25)26-2)16-28-21-11-6-10-20(15-21)27-14-12-19-9-3-4-13-24-19/h3-11,13,15H,12,14,16H2,1-2H3. The van der Waals surface area contributed by atoms with E-state index in [9.17, 15) is 4.79 Å². The van der Waals surface area contributed by atoms with Crippen molar-refractivity contribution in [2.45, 2.75) is 20.0 Å². The van der Waals surface area contributed by atoms with Crippen molar-refractivity contribution in [3.63, 3.8) is 0 Å². The molecule has 0 unspecified atom stereocenters. The van der Waals surface area contributed by atoms with Gasteiger partial charge in [0.25, 0.3) is 0 Å². The highest BCUT2D eigenvalue weighted by Crippen LogP contribution is 2.22. The molecule has 0 saturated heterocycles. The van der Waals surface area contributed by atoms with Gasteiger partial charge in [-0.3, -0.25) is 4.98 Å². The molecule has 0 N–H and O–H groups in total. The van der Waals surface area contributed by atoms with Crippen LogP contribution in [0.1, 0.15) is 27.2 Å². The van der Waals surface area contributed by atoms with E-state index < -0.39 is 0 Å². The Morgan fingerprint density at radius 1 is 0.964 bits per heavy atom. The molecule has 0 fully saturated rings. The molecule has 1 heterocycles. The molecule has 0 radical (unpaired) electrons. The number of esters is 1. The maximum atomic E-state index is 12.1.